The molecule has 106 valence electrons. The second kappa shape index (κ2) is 6.56. The summed E-state index contributed by atoms with van der Waals surface area (Å²) in [7, 11) is 1.85. The zero-order valence-corrected chi connectivity index (χ0v) is 13.0. The molecule has 2 N–H and O–H groups in total. The summed E-state index contributed by atoms with van der Waals surface area (Å²) in [4.78, 5) is 11.8. The van der Waals surface area contributed by atoms with Crippen LogP contribution in [0.2, 0.25) is 0 Å². The molecule has 6 heteroatoms. The molecule has 1 heterocycles. The van der Waals surface area contributed by atoms with Crippen LogP contribution >= 0.6 is 15.9 Å². The van der Waals surface area contributed by atoms with Gasteiger partial charge in [-0.25, -0.2) is 4.79 Å². The number of nitrogens with zero attached hydrogens (tertiary/aromatic N) is 2. The summed E-state index contributed by atoms with van der Waals surface area (Å²) >= 11 is 3.39. The third kappa shape index (κ3) is 3.84. The fourth-order valence-electron chi connectivity index (χ4n) is 1.83. The van der Waals surface area contributed by atoms with Gasteiger partial charge in [0.25, 0.3) is 0 Å². The van der Waals surface area contributed by atoms with Crippen molar-refractivity contribution in [2.45, 2.75) is 19.5 Å². The predicted octanol–water partition coefficient (Wildman–Crippen LogP) is 2.74. The second-order valence-electron chi connectivity index (χ2n) is 4.55. The average Bonchev–Trinajstić information content (AvgIpc) is 2.82. The van der Waals surface area contributed by atoms with E-state index < -0.39 is 0 Å². The number of aryl methyl sites for hydroxylation is 1. The Bertz CT molecular complexity index is 579. The van der Waals surface area contributed by atoms with E-state index in [-0.39, 0.29) is 12.1 Å². The molecule has 1 aromatic carbocycles. The van der Waals surface area contributed by atoms with E-state index in [2.05, 4.69) is 31.7 Å². The van der Waals surface area contributed by atoms with Gasteiger partial charge in [-0.05, 0) is 30.7 Å². The van der Waals surface area contributed by atoms with Gasteiger partial charge in [-0.1, -0.05) is 28.1 Å². The van der Waals surface area contributed by atoms with E-state index in [9.17, 15) is 4.79 Å². The van der Waals surface area contributed by atoms with Crippen molar-refractivity contribution in [3.05, 3.63) is 52.3 Å². The van der Waals surface area contributed by atoms with Gasteiger partial charge in [0.1, 0.15) is 0 Å². The Balaban J connectivity index is 1.85. The smallest absolute Gasteiger partial charge is 0.315 e. The van der Waals surface area contributed by atoms with Crippen molar-refractivity contribution in [1.29, 1.82) is 0 Å². The maximum absolute atomic E-state index is 11.8. The summed E-state index contributed by atoms with van der Waals surface area (Å²) in [6.45, 7) is 2.41. The van der Waals surface area contributed by atoms with Gasteiger partial charge >= 0.3 is 6.03 Å². The maximum Gasteiger partial charge on any atom is 0.315 e. The molecule has 0 aliphatic carbocycles. The molecule has 2 amide bonds. The molecule has 0 fully saturated rings. The first-order chi connectivity index (χ1) is 9.56. The SMILES string of the molecule is C[C@H](NC(=O)NCc1ccnn1C)c1ccc(Br)cc1. The third-order valence-electron chi connectivity index (χ3n) is 3.07. The van der Waals surface area contributed by atoms with Gasteiger partial charge in [0.05, 0.1) is 18.3 Å². The lowest BCUT2D eigenvalue weighted by Crippen LogP contribution is -2.37. The molecule has 5 nitrogen and oxygen atoms in total. The molecule has 0 unspecified atom stereocenters. The van der Waals surface area contributed by atoms with Gasteiger partial charge < -0.3 is 10.6 Å². The fourth-order valence-corrected chi connectivity index (χ4v) is 2.09. The molecule has 1 atom stereocenters. The highest BCUT2D eigenvalue weighted by Crippen LogP contribution is 2.16. The number of rotatable bonds is 4. The van der Waals surface area contributed by atoms with Crippen molar-refractivity contribution < 1.29 is 4.79 Å². The summed E-state index contributed by atoms with van der Waals surface area (Å²) < 4.78 is 2.76. The zero-order valence-electron chi connectivity index (χ0n) is 11.4. The van der Waals surface area contributed by atoms with Gasteiger partial charge in [0.2, 0.25) is 0 Å². The van der Waals surface area contributed by atoms with Gasteiger partial charge in [0.15, 0.2) is 0 Å². The van der Waals surface area contributed by atoms with E-state index in [0.29, 0.717) is 6.54 Å². The summed E-state index contributed by atoms with van der Waals surface area (Å²) in [6.07, 6.45) is 1.71. The number of halogens is 1. The predicted molar refractivity (Wildman–Crippen MR) is 81.1 cm³/mol. The summed E-state index contributed by atoms with van der Waals surface area (Å²) in [5.74, 6) is 0. The lowest BCUT2D eigenvalue weighted by Gasteiger charge is -2.15. The van der Waals surface area contributed by atoms with Crippen LogP contribution in [-0.4, -0.2) is 15.8 Å². The molecule has 20 heavy (non-hydrogen) atoms. The zero-order chi connectivity index (χ0) is 14.5. The normalized spacial score (nSPS) is 11.9. The number of carbonyl (C=O) groups excluding carboxylic acids is 1. The third-order valence-corrected chi connectivity index (χ3v) is 3.60. The monoisotopic (exact) mass is 336 g/mol. The number of amides is 2. The summed E-state index contributed by atoms with van der Waals surface area (Å²) in [5, 5.41) is 9.77. The van der Waals surface area contributed by atoms with Crippen LogP contribution in [0.1, 0.15) is 24.2 Å². The number of carbonyl (C=O) groups is 1. The summed E-state index contributed by atoms with van der Waals surface area (Å²) in [6, 6.07) is 9.52. The Morgan fingerprint density at radius 3 is 2.65 bits per heavy atom. The van der Waals surface area contributed by atoms with Crippen molar-refractivity contribution in [2.24, 2.45) is 7.05 Å². The van der Waals surface area contributed by atoms with E-state index >= 15 is 0 Å². The number of benzene rings is 1. The lowest BCUT2D eigenvalue weighted by atomic mass is 10.1. The minimum atomic E-state index is -0.193. The van der Waals surface area contributed by atoms with Gasteiger partial charge in [-0.3, -0.25) is 4.68 Å². The fraction of sp³-hybridized carbons (Fsp3) is 0.286. The highest BCUT2D eigenvalue weighted by molar-refractivity contribution is 9.10. The first-order valence-corrected chi connectivity index (χ1v) is 7.12. The maximum atomic E-state index is 11.8. The van der Waals surface area contributed by atoms with Crippen molar-refractivity contribution in [1.82, 2.24) is 20.4 Å². The minimum Gasteiger partial charge on any atom is -0.333 e. The molecule has 1 aromatic heterocycles. The van der Waals surface area contributed by atoms with E-state index in [1.54, 1.807) is 10.9 Å². The van der Waals surface area contributed by atoms with Crippen LogP contribution in [0.4, 0.5) is 4.79 Å². The van der Waals surface area contributed by atoms with Crippen LogP contribution in [0.15, 0.2) is 41.0 Å². The Morgan fingerprint density at radius 2 is 2.05 bits per heavy atom. The molecule has 2 rings (SSSR count). The Hall–Kier alpha value is -1.82. The molecule has 0 saturated carbocycles. The standard InChI is InChI=1S/C14H17BrN4O/c1-10(11-3-5-12(15)6-4-11)18-14(20)16-9-13-7-8-17-19(13)2/h3-8,10H,9H2,1-2H3,(H2,16,18,20)/t10-/m0/s1. The van der Waals surface area contributed by atoms with Gasteiger partial charge in [0, 0.05) is 17.7 Å². The average molecular weight is 337 g/mol. The van der Waals surface area contributed by atoms with Gasteiger partial charge in [-0.2, -0.15) is 5.10 Å². The number of urea groups is 1. The Morgan fingerprint density at radius 1 is 1.35 bits per heavy atom. The van der Waals surface area contributed by atoms with Crippen LogP contribution in [0, 0.1) is 0 Å². The molecule has 0 aliphatic rings. The quantitative estimate of drug-likeness (QED) is 0.901. The Kier molecular flexibility index (Phi) is 4.79. The topological polar surface area (TPSA) is 59.0 Å². The van der Waals surface area contributed by atoms with E-state index in [1.807, 2.05) is 44.3 Å². The molecule has 0 radical (unpaired) electrons. The van der Waals surface area contributed by atoms with Crippen LogP contribution < -0.4 is 10.6 Å². The minimum absolute atomic E-state index is 0.0466. The highest BCUT2D eigenvalue weighted by atomic mass is 79.9. The molecule has 0 aliphatic heterocycles. The number of aromatic nitrogens is 2. The van der Waals surface area contributed by atoms with Crippen molar-refractivity contribution in [2.75, 3.05) is 0 Å². The van der Waals surface area contributed by atoms with E-state index in [4.69, 9.17) is 0 Å². The van der Waals surface area contributed by atoms with Crippen LogP contribution in [0.5, 0.6) is 0 Å². The largest absolute Gasteiger partial charge is 0.333 e. The first kappa shape index (κ1) is 14.6. The Labute approximate surface area is 126 Å². The summed E-state index contributed by atoms with van der Waals surface area (Å²) in [5.41, 5.74) is 2.01. The van der Waals surface area contributed by atoms with Gasteiger partial charge in [-0.15, -0.1) is 0 Å². The van der Waals surface area contributed by atoms with Crippen molar-refractivity contribution in [3.63, 3.8) is 0 Å². The number of nitrogens with one attached hydrogen (secondary N) is 2. The first-order valence-electron chi connectivity index (χ1n) is 6.33. The van der Waals surface area contributed by atoms with Crippen LogP contribution in [0.25, 0.3) is 0 Å². The second-order valence-corrected chi connectivity index (χ2v) is 5.46. The lowest BCUT2D eigenvalue weighted by molar-refractivity contribution is 0.237. The number of hydrogen-bond donors (Lipinski definition) is 2. The molecule has 0 saturated heterocycles. The van der Waals surface area contributed by atoms with E-state index in [1.165, 1.54) is 0 Å². The number of hydrogen-bond acceptors (Lipinski definition) is 2. The molecule has 2 aromatic rings. The van der Waals surface area contributed by atoms with Crippen molar-refractivity contribution in [3.8, 4) is 0 Å². The molecule has 0 spiro atoms. The van der Waals surface area contributed by atoms with Crippen LogP contribution in [-0.2, 0) is 13.6 Å². The highest BCUT2D eigenvalue weighted by Gasteiger charge is 2.09. The van der Waals surface area contributed by atoms with E-state index in [0.717, 1.165) is 15.7 Å². The molecule has 0 bridgehead atoms. The molecular weight excluding hydrogens is 320 g/mol. The van der Waals surface area contributed by atoms with Crippen LogP contribution in [0.3, 0.4) is 0 Å². The molecular formula is C14H17BrN4O. The van der Waals surface area contributed by atoms with Crippen molar-refractivity contribution >= 4 is 22.0 Å².